The number of allylic oxidation sites excluding steroid dienone is 2. The fraction of sp³-hybridized carbons (Fsp3) is 0.375. The summed E-state index contributed by atoms with van der Waals surface area (Å²) in [7, 11) is 1.67. The maximum Gasteiger partial charge on any atom is 0.118 e. The van der Waals surface area contributed by atoms with E-state index in [-0.39, 0.29) is 6.10 Å². The van der Waals surface area contributed by atoms with Gasteiger partial charge in [0.15, 0.2) is 0 Å². The van der Waals surface area contributed by atoms with Crippen molar-refractivity contribution in [1.82, 2.24) is 0 Å². The van der Waals surface area contributed by atoms with Crippen molar-refractivity contribution in [1.29, 1.82) is 0 Å². The van der Waals surface area contributed by atoms with Crippen molar-refractivity contribution in [2.24, 2.45) is 0 Å². The van der Waals surface area contributed by atoms with E-state index in [1.807, 2.05) is 25.1 Å². The van der Waals surface area contributed by atoms with Crippen LogP contribution in [0.1, 0.15) is 31.2 Å². The van der Waals surface area contributed by atoms with E-state index in [9.17, 15) is 5.11 Å². The molecule has 0 radical (unpaired) electrons. The van der Waals surface area contributed by atoms with Crippen LogP contribution in [0.5, 0.6) is 5.75 Å². The molecule has 2 atom stereocenters. The Bertz CT molecular complexity index is 456. The van der Waals surface area contributed by atoms with Crippen molar-refractivity contribution >= 4 is 0 Å². The molecule has 2 heteroatoms. The summed E-state index contributed by atoms with van der Waals surface area (Å²) >= 11 is 0. The van der Waals surface area contributed by atoms with E-state index in [2.05, 4.69) is 18.7 Å². The van der Waals surface area contributed by atoms with E-state index in [1.54, 1.807) is 7.11 Å². The van der Waals surface area contributed by atoms with Gasteiger partial charge in [0.05, 0.1) is 13.2 Å². The fourth-order valence-electron chi connectivity index (χ4n) is 2.65. The van der Waals surface area contributed by atoms with Gasteiger partial charge in [0.25, 0.3) is 0 Å². The first-order valence-corrected chi connectivity index (χ1v) is 6.32. The van der Waals surface area contributed by atoms with Crippen molar-refractivity contribution in [3.63, 3.8) is 0 Å². The average Bonchev–Trinajstić information content (AvgIpc) is 2.42. The molecule has 2 nitrogen and oxygen atoms in total. The highest BCUT2D eigenvalue weighted by Crippen LogP contribution is 2.38. The van der Waals surface area contributed by atoms with Crippen LogP contribution < -0.4 is 4.74 Å². The molecule has 0 spiro atoms. The molecule has 0 saturated carbocycles. The number of hydrogen-bond acceptors (Lipinski definition) is 2. The van der Waals surface area contributed by atoms with Crippen LogP contribution in [0.25, 0.3) is 0 Å². The topological polar surface area (TPSA) is 29.5 Å². The van der Waals surface area contributed by atoms with Crippen LogP contribution in [0.2, 0.25) is 0 Å². The molecule has 1 aliphatic carbocycles. The van der Waals surface area contributed by atoms with Crippen LogP contribution >= 0.6 is 0 Å². The molecule has 0 fully saturated rings. The smallest absolute Gasteiger partial charge is 0.118 e. The van der Waals surface area contributed by atoms with E-state index in [4.69, 9.17) is 4.74 Å². The Labute approximate surface area is 109 Å². The highest BCUT2D eigenvalue weighted by molar-refractivity contribution is 5.41. The molecular formula is C16H20O2. The van der Waals surface area contributed by atoms with Gasteiger partial charge in [-0.2, -0.15) is 0 Å². The van der Waals surface area contributed by atoms with Crippen LogP contribution in [0, 0.1) is 0 Å². The van der Waals surface area contributed by atoms with Crippen LogP contribution in [0.15, 0.2) is 48.1 Å². The first kappa shape index (κ1) is 12.9. The Kier molecular flexibility index (Phi) is 3.87. The van der Waals surface area contributed by atoms with Gasteiger partial charge in [0.2, 0.25) is 0 Å². The average molecular weight is 244 g/mol. The predicted molar refractivity (Wildman–Crippen MR) is 73.9 cm³/mol. The minimum absolute atomic E-state index is 0.313. The van der Waals surface area contributed by atoms with Crippen LogP contribution in [0.3, 0.4) is 0 Å². The summed E-state index contributed by atoms with van der Waals surface area (Å²) in [5.41, 5.74) is 3.48. The van der Waals surface area contributed by atoms with Gasteiger partial charge >= 0.3 is 0 Å². The van der Waals surface area contributed by atoms with Crippen molar-refractivity contribution in [2.45, 2.75) is 31.8 Å². The number of aliphatic hydroxyl groups excluding tert-OH is 1. The number of ether oxygens (including phenoxy) is 1. The molecule has 0 heterocycles. The van der Waals surface area contributed by atoms with Gasteiger partial charge in [-0.25, -0.2) is 0 Å². The van der Waals surface area contributed by atoms with E-state index < -0.39 is 0 Å². The molecule has 0 bridgehead atoms. The Hall–Kier alpha value is -1.54. The zero-order valence-electron chi connectivity index (χ0n) is 11.0. The quantitative estimate of drug-likeness (QED) is 0.882. The maximum absolute atomic E-state index is 9.90. The van der Waals surface area contributed by atoms with Crippen molar-refractivity contribution < 1.29 is 9.84 Å². The Morgan fingerprint density at radius 3 is 2.50 bits per heavy atom. The number of aliphatic hydroxyl groups is 1. The Balaban J connectivity index is 2.34. The van der Waals surface area contributed by atoms with Crippen molar-refractivity contribution in [3.05, 3.63) is 53.6 Å². The standard InChI is InChI=1S/C16H20O2/c1-4-14-11(2)16(17)10-9-15(14)12-5-7-13(18-3)8-6-12/h4-8,15-17H,1,9-10H2,2-3H3/t15-,16+/m0/s1. The van der Waals surface area contributed by atoms with Crippen LogP contribution in [0.4, 0.5) is 0 Å². The van der Waals surface area contributed by atoms with E-state index in [0.29, 0.717) is 5.92 Å². The van der Waals surface area contributed by atoms with E-state index in [0.717, 1.165) is 24.2 Å². The Morgan fingerprint density at radius 2 is 1.94 bits per heavy atom. The summed E-state index contributed by atoms with van der Waals surface area (Å²) in [6, 6.07) is 8.16. The van der Waals surface area contributed by atoms with Crippen LogP contribution in [-0.4, -0.2) is 18.3 Å². The summed E-state index contributed by atoms with van der Waals surface area (Å²) < 4.78 is 5.18. The van der Waals surface area contributed by atoms with E-state index >= 15 is 0 Å². The lowest BCUT2D eigenvalue weighted by molar-refractivity contribution is 0.186. The first-order valence-electron chi connectivity index (χ1n) is 6.32. The summed E-state index contributed by atoms with van der Waals surface area (Å²) in [4.78, 5) is 0. The SMILES string of the molecule is C=CC1=C(C)[C@H](O)CC[C@H]1c1ccc(OC)cc1. The minimum Gasteiger partial charge on any atom is -0.497 e. The number of rotatable bonds is 3. The third kappa shape index (κ3) is 2.34. The largest absolute Gasteiger partial charge is 0.497 e. The lowest BCUT2D eigenvalue weighted by Gasteiger charge is -2.29. The highest BCUT2D eigenvalue weighted by Gasteiger charge is 2.25. The summed E-state index contributed by atoms with van der Waals surface area (Å²) in [5.74, 6) is 1.22. The first-order chi connectivity index (χ1) is 8.67. The van der Waals surface area contributed by atoms with Gasteiger partial charge in [-0.1, -0.05) is 24.8 Å². The summed E-state index contributed by atoms with van der Waals surface area (Å²) in [6.45, 7) is 5.88. The maximum atomic E-state index is 9.90. The molecule has 1 N–H and O–H groups in total. The molecule has 0 saturated heterocycles. The highest BCUT2D eigenvalue weighted by atomic mass is 16.5. The van der Waals surface area contributed by atoms with Gasteiger partial charge in [0.1, 0.15) is 5.75 Å². The van der Waals surface area contributed by atoms with Gasteiger partial charge < -0.3 is 9.84 Å². The molecule has 0 aromatic heterocycles. The molecule has 0 unspecified atom stereocenters. The van der Waals surface area contributed by atoms with E-state index in [1.165, 1.54) is 11.1 Å². The molecular weight excluding hydrogens is 224 g/mol. The number of hydrogen-bond donors (Lipinski definition) is 1. The van der Waals surface area contributed by atoms with Gasteiger partial charge in [-0.15, -0.1) is 0 Å². The van der Waals surface area contributed by atoms with Crippen molar-refractivity contribution in [3.8, 4) is 5.75 Å². The lowest BCUT2D eigenvalue weighted by atomic mass is 9.78. The van der Waals surface area contributed by atoms with Gasteiger partial charge in [0, 0.05) is 5.92 Å². The molecule has 1 aliphatic rings. The fourth-order valence-corrected chi connectivity index (χ4v) is 2.65. The third-order valence-electron chi connectivity index (χ3n) is 3.80. The van der Waals surface area contributed by atoms with Crippen molar-refractivity contribution in [2.75, 3.05) is 7.11 Å². The second kappa shape index (κ2) is 5.40. The molecule has 0 aliphatic heterocycles. The Morgan fingerprint density at radius 1 is 1.28 bits per heavy atom. The molecule has 96 valence electrons. The predicted octanol–water partition coefficient (Wildman–Crippen LogP) is 3.44. The zero-order valence-corrected chi connectivity index (χ0v) is 11.0. The molecule has 18 heavy (non-hydrogen) atoms. The second-order valence-corrected chi connectivity index (χ2v) is 4.76. The molecule has 0 amide bonds. The monoisotopic (exact) mass is 244 g/mol. The van der Waals surface area contributed by atoms with Gasteiger partial charge in [-0.05, 0) is 48.6 Å². The molecule has 1 aromatic rings. The lowest BCUT2D eigenvalue weighted by Crippen LogP contribution is -2.20. The number of methoxy groups -OCH3 is 1. The summed E-state index contributed by atoms with van der Waals surface area (Å²) in [5, 5.41) is 9.90. The zero-order chi connectivity index (χ0) is 13.1. The molecule has 2 rings (SSSR count). The summed E-state index contributed by atoms with van der Waals surface area (Å²) in [6.07, 6.45) is 3.35. The third-order valence-corrected chi connectivity index (χ3v) is 3.80. The van der Waals surface area contributed by atoms with Crippen LogP contribution in [-0.2, 0) is 0 Å². The molecule has 1 aromatic carbocycles. The number of benzene rings is 1. The van der Waals surface area contributed by atoms with Gasteiger partial charge in [-0.3, -0.25) is 0 Å². The second-order valence-electron chi connectivity index (χ2n) is 4.76. The normalized spacial score (nSPS) is 23.9. The minimum atomic E-state index is -0.313.